The quantitative estimate of drug-likeness (QED) is 0.403. The minimum Gasteiger partial charge on any atom is -0.502 e. The second-order valence-corrected chi connectivity index (χ2v) is 6.93. The van der Waals surface area contributed by atoms with Gasteiger partial charge in [0.1, 0.15) is 0 Å². The van der Waals surface area contributed by atoms with Gasteiger partial charge in [-0.15, -0.1) is 22.7 Å². The highest BCUT2D eigenvalue weighted by molar-refractivity contribution is 7.17. The van der Waals surface area contributed by atoms with Crippen LogP contribution in [-0.4, -0.2) is 21.2 Å². The number of thiophene rings is 1. The summed E-state index contributed by atoms with van der Waals surface area (Å²) >= 11 is 3.10. The number of thiazole rings is 1. The van der Waals surface area contributed by atoms with E-state index in [9.17, 15) is 15.2 Å². The summed E-state index contributed by atoms with van der Waals surface area (Å²) in [5.41, 5.74) is 3.89. The molecule has 0 aliphatic rings. The van der Waals surface area contributed by atoms with Gasteiger partial charge in [0.15, 0.2) is 5.75 Å². The van der Waals surface area contributed by atoms with Crippen LogP contribution < -0.4 is 5.43 Å². The van der Waals surface area contributed by atoms with Crippen LogP contribution >= 0.6 is 22.7 Å². The SMILES string of the molecule is Cc1sc(N/N=C\c2ccc(O)c([N+](=O)[O-])c2)nc1-c1cccs1. The molecule has 0 unspecified atom stereocenters. The molecule has 3 aromatic rings. The number of nitro benzene ring substituents is 1. The number of anilines is 1. The van der Waals surface area contributed by atoms with Crippen LogP contribution in [0.2, 0.25) is 0 Å². The maximum Gasteiger partial charge on any atom is 0.311 e. The van der Waals surface area contributed by atoms with E-state index in [1.807, 2.05) is 24.4 Å². The zero-order valence-electron chi connectivity index (χ0n) is 12.5. The fourth-order valence-electron chi connectivity index (χ4n) is 2.02. The van der Waals surface area contributed by atoms with Crippen LogP contribution in [0.1, 0.15) is 10.4 Å². The van der Waals surface area contributed by atoms with Gasteiger partial charge in [-0.25, -0.2) is 4.98 Å². The number of nitrogens with zero attached hydrogens (tertiary/aromatic N) is 3. The highest BCUT2D eigenvalue weighted by atomic mass is 32.1. The Bertz CT molecular complexity index is 904. The first-order chi connectivity index (χ1) is 11.5. The molecule has 0 amide bonds. The number of hydrogen-bond acceptors (Lipinski definition) is 8. The van der Waals surface area contributed by atoms with Gasteiger partial charge in [-0.05, 0) is 30.5 Å². The molecule has 0 aliphatic carbocycles. The Morgan fingerprint density at radius 2 is 2.25 bits per heavy atom. The molecule has 24 heavy (non-hydrogen) atoms. The average molecular weight is 360 g/mol. The predicted molar refractivity (Wildman–Crippen MR) is 96.1 cm³/mol. The molecule has 122 valence electrons. The first-order valence-electron chi connectivity index (χ1n) is 6.82. The maximum atomic E-state index is 10.8. The number of phenolic OH excluding ortho intramolecular Hbond substituents is 1. The molecule has 2 aromatic heterocycles. The monoisotopic (exact) mass is 360 g/mol. The van der Waals surface area contributed by atoms with Crippen LogP contribution in [0.3, 0.4) is 0 Å². The molecule has 0 bridgehead atoms. The largest absolute Gasteiger partial charge is 0.502 e. The van der Waals surface area contributed by atoms with Gasteiger partial charge in [-0.3, -0.25) is 15.5 Å². The smallest absolute Gasteiger partial charge is 0.311 e. The number of hydrogen-bond donors (Lipinski definition) is 2. The average Bonchev–Trinajstić information content (AvgIpc) is 3.18. The van der Waals surface area contributed by atoms with Crippen molar-refractivity contribution in [2.45, 2.75) is 6.92 Å². The lowest BCUT2D eigenvalue weighted by molar-refractivity contribution is -0.385. The topological polar surface area (TPSA) is 101 Å². The normalized spacial score (nSPS) is 11.0. The van der Waals surface area contributed by atoms with Gasteiger partial charge in [0.25, 0.3) is 0 Å². The molecule has 0 fully saturated rings. The number of nitro groups is 1. The number of aromatic nitrogens is 1. The van der Waals surface area contributed by atoms with Crippen LogP contribution in [-0.2, 0) is 0 Å². The Hall–Kier alpha value is -2.78. The van der Waals surface area contributed by atoms with E-state index in [0.717, 1.165) is 15.4 Å². The van der Waals surface area contributed by atoms with Crippen molar-refractivity contribution in [3.63, 3.8) is 0 Å². The number of aromatic hydroxyl groups is 1. The third-order valence-electron chi connectivity index (χ3n) is 3.12. The number of benzene rings is 1. The lowest BCUT2D eigenvalue weighted by atomic mass is 10.2. The van der Waals surface area contributed by atoms with E-state index in [4.69, 9.17) is 0 Å². The van der Waals surface area contributed by atoms with Crippen LogP contribution in [0.4, 0.5) is 10.8 Å². The first-order valence-corrected chi connectivity index (χ1v) is 8.52. The second-order valence-electron chi connectivity index (χ2n) is 4.78. The molecule has 0 radical (unpaired) electrons. The molecule has 0 spiro atoms. The van der Waals surface area contributed by atoms with Crippen molar-refractivity contribution in [2.75, 3.05) is 5.43 Å². The van der Waals surface area contributed by atoms with E-state index in [2.05, 4.69) is 15.5 Å². The molecule has 0 saturated heterocycles. The number of nitrogens with one attached hydrogen (secondary N) is 1. The van der Waals surface area contributed by atoms with Crippen molar-refractivity contribution in [3.8, 4) is 16.3 Å². The third-order valence-corrected chi connectivity index (χ3v) is 4.87. The number of aryl methyl sites for hydroxylation is 1. The van der Waals surface area contributed by atoms with Crippen molar-refractivity contribution < 1.29 is 10.0 Å². The summed E-state index contributed by atoms with van der Waals surface area (Å²) in [6.07, 6.45) is 1.44. The highest BCUT2D eigenvalue weighted by Crippen LogP contribution is 2.33. The van der Waals surface area contributed by atoms with E-state index in [1.54, 1.807) is 11.3 Å². The van der Waals surface area contributed by atoms with Crippen molar-refractivity contribution in [1.29, 1.82) is 0 Å². The van der Waals surface area contributed by atoms with E-state index in [1.165, 1.54) is 35.8 Å². The molecular weight excluding hydrogens is 348 g/mol. The number of hydrazone groups is 1. The maximum absolute atomic E-state index is 10.8. The molecule has 7 nitrogen and oxygen atoms in total. The van der Waals surface area contributed by atoms with Gasteiger partial charge in [-0.1, -0.05) is 6.07 Å². The Balaban J connectivity index is 1.74. The summed E-state index contributed by atoms with van der Waals surface area (Å²) in [5.74, 6) is -0.374. The minimum absolute atomic E-state index is 0.357. The summed E-state index contributed by atoms with van der Waals surface area (Å²) in [6.45, 7) is 1.99. The fourth-order valence-corrected chi connectivity index (χ4v) is 3.63. The van der Waals surface area contributed by atoms with Crippen LogP contribution in [0.5, 0.6) is 5.75 Å². The van der Waals surface area contributed by atoms with Crippen molar-refractivity contribution in [2.24, 2.45) is 5.10 Å². The molecular formula is C15H12N4O3S2. The van der Waals surface area contributed by atoms with Gasteiger partial charge in [0.2, 0.25) is 5.13 Å². The number of phenols is 1. The minimum atomic E-state index is -0.641. The van der Waals surface area contributed by atoms with Crippen LogP contribution in [0.15, 0.2) is 40.8 Å². The van der Waals surface area contributed by atoms with Gasteiger partial charge in [-0.2, -0.15) is 5.10 Å². The molecule has 3 rings (SSSR count). The van der Waals surface area contributed by atoms with Gasteiger partial charge in [0, 0.05) is 16.5 Å². The van der Waals surface area contributed by atoms with Gasteiger partial charge in [0.05, 0.1) is 21.7 Å². The predicted octanol–water partition coefficient (Wildman–Crippen LogP) is 4.24. The van der Waals surface area contributed by atoms with Crippen LogP contribution in [0, 0.1) is 17.0 Å². The van der Waals surface area contributed by atoms with E-state index in [0.29, 0.717) is 10.7 Å². The van der Waals surface area contributed by atoms with E-state index >= 15 is 0 Å². The summed E-state index contributed by atoms with van der Waals surface area (Å²) in [7, 11) is 0. The lowest BCUT2D eigenvalue weighted by Gasteiger charge is -1.97. The summed E-state index contributed by atoms with van der Waals surface area (Å²) < 4.78 is 0. The Morgan fingerprint density at radius 3 is 2.96 bits per heavy atom. The van der Waals surface area contributed by atoms with Crippen LogP contribution in [0.25, 0.3) is 10.6 Å². The third kappa shape index (κ3) is 3.42. The van der Waals surface area contributed by atoms with E-state index in [-0.39, 0.29) is 11.4 Å². The lowest BCUT2D eigenvalue weighted by Crippen LogP contribution is -1.93. The standard InChI is InChI=1S/C15H12N4O3S2/c1-9-14(13-3-2-6-23-13)17-15(24-9)18-16-8-10-4-5-12(20)11(7-10)19(21)22/h2-8,20H,1H3,(H,17,18)/b16-8-. The Kier molecular flexibility index (Phi) is 4.54. The molecule has 0 atom stereocenters. The molecule has 2 heterocycles. The zero-order valence-corrected chi connectivity index (χ0v) is 14.1. The van der Waals surface area contributed by atoms with Crippen molar-refractivity contribution in [3.05, 3.63) is 56.3 Å². The zero-order chi connectivity index (χ0) is 17.1. The van der Waals surface area contributed by atoms with Gasteiger partial charge < -0.3 is 5.11 Å². The highest BCUT2D eigenvalue weighted by Gasteiger charge is 2.13. The summed E-state index contributed by atoms with van der Waals surface area (Å²) in [5, 5.41) is 26.9. The van der Waals surface area contributed by atoms with E-state index < -0.39 is 4.92 Å². The van der Waals surface area contributed by atoms with Crippen molar-refractivity contribution in [1.82, 2.24) is 4.98 Å². The van der Waals surface area contributed by atoms with Gasteiger partial charge >= 0.3 is 5.69 Å². The first kappa shape index (κ1) is 16.1. The molecule has 2 N–H and O–H groups in total. The molecule has 9 heteroatoms. The fraction of sp³-hybridized carbons (Fsp3) is 0.0667. The molecule has 0 aliphatic heterocycles. The number of rotatable bonds is 5. The Morgan fingerprint density at radius 1 is 1.42 bits per heavy atom. The Labute approximate surface area is 145 Å². The summed E-state index contributed by atoms with van der Waals surface area (Å²) in [6, 6.07) is 8.04. The summed E-state index contributed by atoms with van der Waals surface area (Å²) in [4.78, 5) is 16.8. The second kappa shape index (κ2) is 6.77. The molecule has 1 aromatic carbocycles. The van der Waals surface area contributed by atoms with Crippen molar-refractivity contribution >= 4 is 39.7 Å². The molecule has 0 saturated carbocycles.